The molecule has 0 aromatic heterocycles. The normalized spacial score (nSPS) is 10.7. The molecule has 0 saturated carbocycles. The summed E-state index contributed by atoms with van der Waals surface area (Å²) in [6, 6.07) is 0. The molecule has 0 N–H and O–H groups in total. The highest BCUT2D eigenvalue weighted by atomic mass is 79.9. The number of terminal acetylenes is 1. The van der Waals surface area contributed by atoms with E-state index in [1.165, 1.54) is 0 Å². The second-order valence-electron chi connectivity index (χ2n) is 3.40. The third-order valence-electron chi connectivity index (χ3n) is 1.57. The van der Waals surface area contributed by atoms with E-state index in [1.807, 2.05) is 20.8 Å². The molecule has 0 aliphatic carbocycles. The van der Waals surface area contributed by atoms with Crippen molar-refractivity contribution in [3.63, 3.8) is 0 Å². The fourth-order valence-electron chi connectivity index (χ4n) is 1.01. The second-order valence-corrected chi connectivity index (χ2v) is 5.39. The minimum atomic E-state index is -0.515. The molecule has 74 valence electrons. The third kappa shape index (κ3) is 4.33. The number of carbonyl (C=O) groups is 1. The predicted octanol–water partition coefficient (Wildman–Crippen LogP) is 2.03. The Hall–Kier alpha value is -0.490. The van der Waals surface area contributed by atoms with Crippen LogP contribution in [0.5, 0.6) is 0 Å². The van der Waals surface area contributed by atoms with Gasteiger partial charge in [0.25, 0.3) is 0 Å². The number of amides is 1. The first kappa shape index (κ1) is 12.5. The first-order chi connectivity index (χ1) is 5.93. The van der Waals surface area contributed by atoms with Gasteiger partial charge in [-0.15, -0.1) is 6.42 Å². The lowest BCUT2D eigenvalue weighted by Crippen LogP contribution is -2.42. The molecule has 1 amide bonds. The monoisotopic (exact) mass is 245 g/mol. The lowest BCUT2D eigenvalue weighted by Gasteiger charge is -2.26. The van der Waals surface area contributed by atoms with Gasteiger partial charge in [-0.2, -0.15) is 0 Å². The van der Waals surface area contributed by atoms with Crippen molar-refractivity contribution < 1.29 is 4.79 Å². The zero-order chi connectivity index (χ0) is 10.5. The fourth-order valence-corrected chi connectivity index (χ4v) is 1.26. The van der Waals surface area contributed by atoms with E-state index < -0.39 is 4.32 Å². The number of alkyl halides is 1. The van der Waals surface area contributed by atoms with Crippen molar-refractivity contribution in [2.45, 2.75) is 31.5 Å². The topological polar surface area (TPSA) is 20.3 Å². The molecule has 0 radical (unpaired) electrons. The van der Waals surface area contributed by atoms with Crippen LogP contribution in [0.25, 0.3) is 0 Å². The standard InChI is InChI=1S/C10H16BrNO/c1-5-7-12(8-6-2)9(13)10(3,4)11/h1H,6-8H2,2-4H3. The smallest absolute Gasteiger partial charge is 0.239 e. The van der Waals surface area contributed by atoms with Crippen LogP contribution in [-0.4, -0.2) is 28.2 Å². The highest BCUT2D eigenvalue weighted by Gasteiger charge is 2.27. The summed E-state index contributed by atoms with van der Waals surface area (Å²) in [7, 11) is 0. The van der Waals surface area contributed by atoms with Gasteiger partial charge in [-0.25, -0.2) is 0 Å². The van der Waals surface area contributed by atoms with E-state index in [9.17, 15) is 4.79 Å². The van der Waals surface area contributed by atoms with Gasteiger partial charge in [0.2, 0.25) is 5.91 Å². The van der Waals surface area contributed by atoms with Gasteiger partial charge < -0.3 is 4.90 Å². The van der Waals surface area contributed by atoms with E-state index in [4.69, 9.17) is 6.42 Å². The Morgan fingerprint density at radius 2 is 2.15 bits per heavy atom. The summed E-state index contributed by atoms with van der Waals surface area (Å²) in [5, 5.41) is 0. The summed E-state index contributed by atoms with van der Waals surface area (Å²) >= 11 is 3.32. The Labute approximate surface area is 88.8 Å². The Balaban J connectivity index is 4.38. The van der Waals surface area contributed by atoms with Crippen molar-refractivity contribution >= 4 is 21.8 Å². The molecular weight excluding hydrogens is 230 g/mol. The first-order valence-corrected chi connectivity index (χ1v) is 5.14. The molecule has 0 spiro atoms. The number of rotatable bonds is 4. The molecule has 3 heteroatoms. The number of halogens is 1. The predicted molar refractivity (Wildman–Crippen MR) is 58.7 cm³/mol. The van der Waals surface area contributed by atoms with Crippen molar-refractivity contribution in [2.75, 3.05) is 13.1 Å². The van der Waals surface area contributed by atoms with Crippen molar-refractivity contribution in [3.8, 4) is 12.3 Å². The zero-order valence-electron chi connectivity index (χ0n) is 8.43. The Morgan fingerprint density at radius 3 is 2.46 bits per heavy atom. The highest BCUT2D eigenvalue weighted by molar-refractivity contribution is 9.10. The second kappa shape index (κ2) is 5.29. The van der Waals surface area contributed by atoms with E-state index in [0.717, 1.165) is 13.0 Å². The van der Waals surface area contributed by atoms with E-state index in [1.54, 1.807) is 4.90 Å². The fraction of sp³-hybridized carbons (Fsp3) is 0.700. The molecule has 0 saturated heterocycles. The van der Waals surface area contributed by atoms with E-state index in [-0.39, 0.29) is 5.91 Å². The Morgan fingerprint density at radius 1 is 1.62 bits per heavy atom. The number of hydrogen-bond acceptors (Lipinski definition) is 1. The van der Waals surface area contributed by atoms with Crippen LogP contribution in [0.1, 0.15) is 27.2 Å². The first-order valence-electron chi connectivity index (χ1n) is 4.35. The van der Waals surface area contributed by atoms with Gasteiger partial charge in [-0.3, -0.25) is 4.79 Å². The summed E-state index contributed by atoms with van der Waals surface area (Å²) in [4.78, 5) is 13.4. The van der Waals surface area contributed by atoms with Crippen LogP contribution in [-0.2, 0) is 4.79 Å². The van der Waals surface area contributed by atoms with Gasteiger partial charge in [0.05, 0.1) is 10.9 Å². The summed E-state index contributed by atoms with van der Waals surface area (Å²) in [6.07, 6.45) is 6.11. The Bertz CT molecular complexity index is 212. The molecule has 0 bridgehead atoms. The zero-order valence-corrected chi connectivity index (χ0v) is 10.0. The SMILES string of the molecule is C#CCN(CCC)C(=O)C(C)(C)Br. The van der Waals surface area contributed by atoms with Crippen LogP contribution in [0.4, 0.5) is 0 Å². The molecule has 13 heavy (non-hydrogen) atoms. The minimum absolute atomic E-state index is 0.0484. The van der Waals surface area contributed by atoms with Gasteiger partial charge in [0, 0.05) is 6.54 Å². The van der Waals surface area contributed by atoms with Crippen molar-refractivity contribution in [1.82, 2.24) is 4.90 Å². The Kier molecular flexibility index (Phi) is 5.09. The molecule has 2 nitrogen and oxygen atoms in total. The maximum absolute atomic E-state index is 11.7. The van der Waals surface area contributed by atoms with Crippen LogP contribution in [0.2, 0.25) is 0 Å². The maximum Gasteiger partial charge on any atom is 0.239 e. The quantitative estimate of drug-likeness (QED) is 0.549. The molecule has 0 atom stereocenters. The molecule has 0 aliphatic rings. The molecule has 0 aromatic rings. The van der Waals surface area contributed by atoms with Gasteiger partial charge >= 0.3 is 0 Å². The van der Waals surface area contributed by atoms with Crippen LogP contribution in [0, 0.1) is 12.3 Å². The molecule has 0 rings (SSSR count). The van der Waals surface area contributed by atoms with Crippen molar-refractivity contribution in [1.29, 1.82) is 0 Å². The molecular formula is C10H16BrNO. The van der Waals surface area contributed by atoms with E-state index >= 15 is 0 Å². The van der Waals surface area contributed by atoms with Crippen LogP contribution >= 0.6 is 15.9 Å². The van der Waals surface area contributed by atoms with Gasteiger partial charge in [0.1, 0.15) is 0 Å². The molecule has 0 aliphatic heterocycles. The molecule has 0 unspecified atom stereocenters. The highest BCUT2D eigenvalue weighted by Crippen LogP contribution is 2.19. The lowest BCUT2D eigenvalue weighted by molar-refractivity contribution is -0.132. The number of carbonyl (C=O) groups excluding carboxylic acids is 1. The molecule has 0 heterocycles. The van der Waals surface area contributed by atoms with Crippen LogP contribution < -0.4 is 0 Å². The summed E-state index contributed by atoms with van der Waals surface area (Å²) in [6.45, 7) is 6.79. The van der Waals surface area contributed by atoms with Gasteiger partial charge in [-0.1, -0.05) is 28.8 Å². The van der Waals surface area contributed by atoms with Crippen LogP contribution in [0.15, 0.2) is 0 Å². The third-order valence-corrected chi connectivity index (χ3v) is 1.91. The summed E-state index contributed by atoms with van der Waals surface area (Å²) in [5.74, 6) is 2.54. The molecule has 0 aromatic carbocycles. The average molecular weight is 246 g/mol. The average Bonchev–Trinajstić information content (AvgIpc) is 2.01. The van der Waals surface area contributed by atoms with E-state index in [2.05, 4.69) is 21.9 Å². The maximum atomic E-state index is 11.7. The van der Waals surface area contributed by atoms with Crippen molar-refractivity contribution in [3.05, 3.63) is 0 Å². The lowest BCUT2D eigenvalue weighted by atomic mass is 10.2. The van der Waals surface area contributed by atoms with E-state index in [0.29, 0.717) is 6.54 Å². The summed E-state index contributed by atoms with van der Waals surface area (Å²) in [5.41, 5.74) is 0. The van der Waals surface area contributed by atoms with Crippen molar-refractivity contribution in [2.24, 2.45) is 0 Å². The van der Waals surface area contributed by atoms with Gasteiger partial charge in [0.15, 0.2) is 0 Å². The summed E-state index contributed by atoms with van der Waals surface area (Å²) < 4.78 is -0.515. The largest absolute Gasteiger partial charge is 0.330 e. The van der Waals surface area contributed by atoms with Crippen LogP contribution in [0.3, 0.4) is 0 Å². The van der Waals surface area contributed by atoms with Gasteiger partial charge in [-0.05, 0) is 20.3 Å². The number of hydrogen-bond donors (Lipinski definition) is 0. The minimum Gasteiger partial charge on any atom is -0.330 e. The molecule has 0 fully saturated rings. The number of nitrogens with zero attached hydrogens (tertiary/aromatic N) is 1.